The summed E-state index contributed by atoms with van der Waals surface area (Å²) in [5.74, 6) is -0.458. The van der Waals surface area contributed by atoms with Crippen molar-refractivity contribution in [2.45, 2.75) is 32.7 Å². The Morgan fingerprint density at radius 2 is 2.35 bits per heavy atom. The third-order valence-corrected chi connectivity index (χ3v) is 3.51. The zero-order chi connectivity index (χ0) is 12.5. The van der Waals surface area contributed by atoms with Crippen LogP contribution in [0, 0.1) is 0 Å². The van der Waals surface area contributed by atoms with Crippen molar-refractivity contribution in [1.29, 1.82) is 0 Å². The molecule has 94 valence electrons. The largest absolute Gasteiger partial charge is 0.481 e. The van der Waals surface area contributed by atoms with Crippen molar-refractivity contribution in [3.05, 3.63) is 17.0 Å². The molecule has 1 aliphatic heterocycles. The van der Waals surface area contributed by atoms with Gasteiger partial charge in [0.05, 0.1) is 11.5 Å². The van der Waals surface area contributed by atoms with E-state index in [-0.39, 0.29) is 11.9 Å². The van der Waals surface area contributed by atoms with Gasteiger partial charge in [-0.05, 0) is 32.9 Å². The molecule has 1 saturated heterocycles. The van der Waals surface area contributed by atoms with Crippen molar-refractivity contribution in [2.75, 3.05) is 13.2 Å². The van der Waals surface area contributed by atoms with E-state index in [1.165, 1.54) is 11.3 Å². The summed E-state index contributed by atoms with van der Waals surface area (Å²) in [6, 6.07) is 3.58. The second-order valence-electron chi connectivity index (χ2n) is 4.44. The van der Waals surface area contributed by atoms with Crippen LogP contribution < -0.4 is 4.74 Å². The maximum Gasteiger partial charge on any atom is 0.174 e. The standard InChI is InChI=1S/C12H16O4S/c1-8(13)10-4-5-11(17-10)14-6-9-7-15-12(2,3)16-9/h4-5,9H,6-7H2,1-3H3. The van der Waals surface area contributed by atoms with E-state index < -0.39 is 5.79 Å². The molecule has 2 heterocycles. The minimum absolute atomic E-state index is 0.0483. The fourth-order valence-corrected chi connectivity index (χ4v) is 2.37. The van der Waals surface area contributed by atoms with E-state index in [2.05, 4.69) is 0 Å². The molecule has 1 unspecified atom stereocenters. The van der Waals surface area contributed by atoms with Crippen molar-refractivity contribution >= 4 is 17.1 Å². The van der Waals surface area contributed by atoms with Crippen molar-refractivity contribution in [3.8, 4) is 5.06 Å². The van der Waals surface area contributed by atoms with Crippen LogP contribution in [-0.2, 0) is 9.47 Å². The lowest BCUT2D eigenvalue weighted by Gasteiger charge is -2.16. The molecule has 0 bridgehead atoms. The Labute approximate surface area is 104 Å². The van der Waals surface area contributed by atoms with Gasteiger partial charge >= 0.3 is 0 Å². The average molecular weight is 256 g/mol. The van der Waals surface area contributed by atoms with Crippen LogP contribution in [0.15, 0.2) is 12.1 Å². The Morgan fingerprint density at radius 1 is 1.59 bits per heavy atom. The van der Waals surface area contributed by atoms with Gasteiger partial charge in [-0.25, -0.2) is 0 Å². The summed E-state index contributed by atoms with van der Waals surface area (Å²) in [4.78, 5) is 11.8. The van der Waals surface area contributed by atoms with Gasteiger partial charge in [0.15, 0.2) is 16.6 Å². The van der Waals surface area contributed by atoms with Crippen molar-refractivity contribution in [1.82, 2.24) is 0 Å². The molecular weight excluding hydrogens is 240 g/mol. The number of ketones is 1. The van der Waals surface area contributed by atoms with Gasteiger partial charge in [0.2, 0.25) is 0 Å². The number of Topliss-reactive ketones (excluding diaryl/α,β-unsaturated/α-hetero) is 1. The van der Waals surface area contributed by atoms with E-state index in [0.717, 1.165) is 5.06 Å². The first kappa shape index (κ1) is 12.5. The highest BCUT2D eigenvalue weighted by atomic mass is 32.1. The number of hydrogen-bond donors (Lipinski definition) is 0. The fraction of sp³-hybridized carbons (Fsp3) is 0.583. The van der Waals surface area contributed by atoms with E-state index in [1.807, 2.05) is 19.9 Å². The zero-order valence-electron chi connectivity index (χ0n) is 10.2. The normalized spacial score (nSPS) is 22.6. The highest BCUT2D eigenvalue weighted by Crippen LogP contribution is 2.27. The zero-order valence-corrected chi connectivity index (χ0v) is 11.0. The molecule has 1 aromatic rings. The lowest BCUT2D eigenvalue weighted by molar-refractivity contribution is -0.141. The average Bonchev–Trinajstić information content (AvgIpc) is 2.81. The van der Waals surface area contributed by atoms with Gasteiger partial charge in [-0.15, -0.1) is 0 Å². The summed E-state index contributed by atoms with van der Waals surface area (Å²) < 4.78 is 16.6. The lowest BCUT2D eigenvalue weighted by Crippen LogP contribution is -2.24. The van der Waals surface area contributed by atoms with E-state index in [9.17, 15) is 4.79 Å². The molecule has 17 heavy (non-hydrogen) atoms. The first-order chi connectivity index (χ1) is 7.96. The molecule has 0 aromatic carbocycles. The molecule has 0 saturated carbocycles. The van der Waals surface area contributed by atoms with E-state index in [4.69, 9.17) is 14.2 Å². The Balaban J connectivity index is 1.84. The van der Waals surface area contributed by atoms with Gasteiger partial charge in [-0.1, -0.05) is 11.3 Å². The Hall–Kier alpha value is -0.910. The van der Waals surface area contributed by atoms with Crippen LogP contribution in [0.25, 0.3) is 0 Å². The van der Waals surface area contributed by atoms with Crippen LogP contribution in [-0.4, -0.2) is 30.9 Å². The van der Waals surface area contributed by atoms with Gasteiger partial charge in [0, 0.05) is 0 Å². The molecule has 1 aliphatic rings. The molecule has 0 radical (unpaired) electrons. The molecular formula is C12H16O4S. The van der Waals surface area contributed by atoms with E-state index >= 15 is 0 Å². The van der Waals surface area contributed by atoms with Gasteiger partial charge in [0.1, 0.15) is 12.7 Å². The summed E-state index contributed by atoms with van der Waals surface area (Å²) in [7, 11) is 0. The smallest absolute Gasteiger partial charge is 0.174 e. The molecule has 1 fully saturated rings. The molecule has 0 amide bonds. The summed E-state index contributed by atoms with van der Waals surface area (Å²) in [5.41, 5.74) is 0. The summed E-state index contributed by atoms with van der Waals surface area (Å²) in [5, 5.41) is 0.739. The molecule has 1 aromatic heterocycles. The highest BCUT2D eigenvalue weighted by Gasteiger charge is 2.33. The van der Waals surface area contributed by atoms with Crippen molar-refractivity contribution in [2.24, 2.45) is 0 Å². The van der Waals surface area contributed by atoms with Gasteiger partial charge in [-0.3, -0.25) is 4.79 Å². The molecule has 2 rings (SSSR count). The quantitative estimate of drug-likeness (QED) is 0.776. The number of rotatable bonds is 4. The molecule has 5 heteroatoms. The SMILES string of the molecule is CC(=O)c1ccc(OCC2COC(C)(C)O2)s1. The maximum absolute atomic E-state index is 11.1. The molecule has 0 N–H and O–H groups in total. The van der Waals surface area contributed by atoms with Crippen LogP contribution in [0.1, 0.15) is 30.4 Å². The van der Waals surface area contributed by atoms with Crippen LogP contribution in [0.2, 0.25) is 0 Å². The second-order valence-corrected chi connectivity index (χ2v) is 5.48. The fourth-order valence-electron chi connectivity index (χ4n) is 1.61. The van der Waals surface area contributed by atoms with Crippen LogP contribution in [0.5, 0.6) is 5.06 Å². The predicted octanol–water partition coefficient (Wildman–Crippen LogP) is 2.48. The predicted molar refractivity (Wildman–Crippen MR) is 64.7 cm³/mol. The van der Waals surface area contributed by atoms with Crippen LogP contribution in [0.3, 0.4) is 0 Å². The Morgan fingerprint density at radius 3 is 2.88 bits per heavy atom. The minimum atomic E-state index is -0.520. The van der Waals surface area contributed by atoms with Crippen molar-refractivity contribution < 1.29 is 19.0 Å². The minimum Gasteiger partial charge on any atom is -0.481 e. The summed E-state index contributed by atoms with van der Waals surface area (Å²) in [6.07, 6.45) is -0.0483. The van der Waals surface area contributed by atoms with Gasteiger partial charge in [-0.2, -0.15) is 0 Å². The van der Waals surface area contributed by atoms with Crippen LogP contribution >= 0.6 is 11.3 Å². The number of ether oxygens (including phenoxy) is 3. The monoisotopic (exact) mass is 256 g/mol. The molecule has 0 aliphatic carbocycles. The van der Waals surface area contributed by atoms with E-state index in [0.29, 0.717) is 18.1 Å². The van der Waals surface area contributed by atoms with Crippen LogP contribution in [0.4, 0.5) is 0 Å². The summed E-state index contributed by atoms with van der Waals surface area (Å²) >= 11 is 1.36. The molecule has 0 spiro atoms. The summed E-state index contributed by atoms with van der Waals surface area (Å²) in [6.45, 7) is 6.29. The lowest BCUT2D eigenvalue weighted by atomic mass is 10.4. The maximum atomic E-state index is 11.1. The topological polar surface area (TPSA) is 44.8 Å². The number of hydrogen-bond acceptors (Lipinski definition) is 5. The first-order valence-corrected chi connectivity index (χ1v) is 6.33. The highest BCUT2D eigenvalue weighted by molar-refractivity contribution is 7.15. The third-order valence-electron chi connectivity index (χ3n) is 2.41. The molecule has 1 atom stereocenters. The van der Waals surface area contributed by atoms with Gasteiger partial charge in [0.25, 0.3) is 0 Å². The Kier molecular flexibility index (Phi) is 3.51. The van der Waals surface area contributed by atoms with E-state index in [1.54, 1.807) is 13.0 Å². The molecule has 4 nitrogen and oxygen atoms in total. The first-order valence-electron chi connectivity index (χ1n) is 5.51. The van der Waals surface area contributed by atoms with Gasteiger partial charge < -0.3 is 14.2 Å². The Bertz CT molecular complexity index is 410. The third kappa shape index (κ3) is 3.28. The number of carbonyl (C=O) groups is 1. The number of thiophene rings is 1. The number of carbonyl (C=O) groups excluding carboxylic acids is 1. The van der Waals surface area contributed by atoms with Crippen molar-refractivity contribution in [3.63, 3.8) is 0 Å². The second kappa shape index (κ2) is 4.76.